The van der Waals surface area contributed by atoms with Gasteiger partial charge >= 0.3 is 0 Å². The summed E-state index contributed by atoms with van der Waals surface area (Å²) in [5, 5.41) is 4.14. The lowest BCUT2D eigenvalue weighted by molar-refractivity contribution is -0.117. The van der Waals surface area contributed by atoms with Crippen molar-refractivity contribution < 1.29 is 18.0 Å². The summed E-state index contributed by atoms with van der Waals surface area (Å²) in [5.41, 5.74) is 1.26. The van der Waals surface area contributed by atoms with Crippen molar-refractivity contribution in [1.29, 1.82) is 0 Å². The number of hydrogen-bond acceptors (Lipinski definition) is 5. The van der Waals surface area contributed by atoms with Gasteiger partial charge in [0.15, 0.2) is 0 Å². The fourth-order valence-electron chi connectivity index (χ4n) is 1.77. The zero-order valence-corrected chi connectivity index (χ0v) is 12.1. The second-order valence-corrected chi connectivity index (χ2v) is 6.01. The van der Waals surface area contributed by atoms with E-state index in [4.69, 9.17) is 0 Å². The average Bonchev–Trinajstić information content (AvgIpc) is 2.76. The number of sulfonamides is 1. The quantitative estimate of drug-likeness (QED) is 0.847. The Labute approximate surface area is 122 Å². The summed E-state index contributed by atoms with van der Waals surface area (Å²) in [4.78, 5) is 23.0. The van der Waals surface area contributed by atoms with Crippen molar-refractivity contribution in [3.8, 4) is 0 Å². The number of benzene rings is 1. The highest BCUT2D eigenvalue weighted by molar-refractivity contribution is 8.07. The van der Waals surface area contributed by atoms with Gasteiger partial charge in [-0.2, -0.15) is 13.5 Å². The normalized spacial score (nSPS) is 14.8. The molecule has 0 unspecified atom stereocenters. The first-order chi connectivity index (χ1) is 9.83. The molecule has 0 saturated heterocycles. The molecule has 0 aliphatic carbocycles. The molecule has 8 heteroatoms. The molecule has 7 nitrogen and oxygen atoms in total. The lowest BCUT2D eigenvalue weighted by Gasteiger charge is -2.13. The summed E-state index contributed by atoms with van der Waals surface area (Å²) in [6.45, 7) is 4.86. The van der Waals surface area contributed by atoms with Crippen LogP contribution in [0.3, 0.4) is 0 Å². The minimum atomic E-state index is -4.17. The number of anilines is 2. The first-order valence-corrected chi connectivity index (χ1v) is 7.48. The van der Waals surface area contributed by atoms with E-state index in [2.05, 4.69) is 16.4 Å². The van der Waals surface area contributed by atoms with Crippen LogP contribution in [0.1, 0.15) is 13.3 Å². The van der Waals surface area contributed by atoms with Gasteiger partial charge in [-0.05, 0) is 31.2 Å². The highest BCUT2D eigenvalue weighted by atomic mass is 32.2. The molecule has 1 aromatic rings. The monoisotopic (exact) mass is 307 g/mol. The van der Waals surface area contributed by atoms with Crippen molar-refractivity contribution in [1.82, 2.24) is 0 Å². The molecule has 21 heavy (non-hydrogen) atoms. The molecule has 0 radical (unpaired) electrons. The molecule has 1 aliphatic heterocycles. The van der Waals surface area contributed by atoms with E-state index in [1.807, 2.05) is 0 Å². The number of hydrogen-bond donors (Lipinski definition) is 1. The predicted octanol–water partition coefficient (Wildman–Crippen LogP) is 1.25. The number of amides is 1. The molecular formula is C13H13N3O4S. The molecule has 0 atom stereocenters. The van der Waals surface area contributed by atoms with Crippen molar-refractivity contribution in [2.75, 3.05) is 9.73 Å². The van der Waals surface area contributed by atoms with Gasteiger partial charge in [0.1, 0.15) is 0 Å². The molecule has 2 rings (SSSR count). The second-order valence-electron chi connectivity index (χ2n) is 4.40. The Balaban J connectivity index is 2.29. The van der Waals surface area contributed by atoms with E-state index in [9.17, 15) is 18.0 Å². The van der Waals surface area contributed by atoms with Gasteiger partial charge in [0.2, 0.25) is 0 Å². The third-order valence-corrected chi connectivity index (χ3v) is 3.89. The van der Waals surface area contributed by atoms with Gasteiger partial charge in [0.25, 0.3) is 21.0 Å². The summed E-state index contributed by atoms with van der Waals surface area (Å²) in [5.74, 6) is -0.199. The van der Waals surface area contributed by atoms with Gasteiger partial charge < -0.3 is 0 Å². The summed E-state index contributed by atoms with van der Waals surface area (Å²) < 4.78 is 25.4. The van der Waals surface area contributed by atoms with E-state index in [1.165, 1.54) is 17.1 Å². The van der Waals surface area contributed by atoms with Gasteiger partial charge in [-0.25, -0.2) is 5.01 Å². The van der Waals surface area contributed by atoms with Crippen molar-refractivity contribution >= 4 is 38.1 Å². The molecule has 0 fully saturated rings. The molecule has 1 heterocycles. The maximum Gasteiger partial charge on any atom is 0.299 e. The van der Waals surface area contributed by atoms with E-state index in [0.29, 0.717) is 17.5 Å². The van der Waals surface area contributed by atoms with Gasteiger partial charge in [-0.15, -0.1) is 0 Å². The maximum absolute atomic E-state index is 11.7. The van der Waals surface area contributed by atoms with E-state index in [0.717, 1.165) is 0 Å². The molecule has 1 amide bonds. The van der Waals surface area contributed by atoms with Crippen LogP contribution in [-0.4, -0.2) is 25.2 Å². The van der Waals surface area contributed by atoms with Crippen molar-refractivity contribution in [3.05, 3.63) is 36.9 Å². The van der Waals surface area contributed by atoms with Crippen LogP contribution >= 0.6 is 0 Å². The molecule has 110 valence electrons. The van der Waals surface area contributed by atoms with Crippen LogP contribution < -0.4 is 9.73 Å². The molecule has 0 aromatic heterocycles. The van der Waals surface area contributed by atoms with Crippen LogP contribution in [0.25, 0.3) is 0 Å². The van der Waals surface area contributed by atoms with Gasteiger partial charge in [-0.1, -0.05) is 12.6 Å². The topological polar surface area (TPSA) is 95.9 Å². The lowest BCUT2D eigenvalue weighted by Crippen LogP contribution is -2.22. The number of nitrogens with one attached hydrogen (secondary N) is 1. The van der Waals surface area contributed by atoms with Crippen LogP contribution in [0.2, 0.25) is 0 Å². The van der Waals surface area contributed by atoms with E-state index in [-0.39, 0.29) is 18.0 Å². The standard InChI is InChI=1S/C13H13N3O4S/c1-3-13(18)21(19,20)15-10-5-4-6-11(8-10)16-12(17)7-9(2)14-16/h3-6,8,15H,1,7H2,2H3. The Morgan fingerprint density at radius 1 is 1.48 bits per heavy atom. The van der Waals surface area contributed by atoms with Crippen LogP contribution in [0.15, 0.2) is 42.0 Å². The Morgan fingerprint density at radius 2 is 2.19 bits per heavy atom. The van der Waals surface area contributed by atoms with E-state index >= 15 is 0 Å². The smallest absolute Gasteiger partial charge is 0.277 e. The third-order valence-electron chi connectivity index (χ3n) is 2.69. The maximum atomic E-state index is 11.7. The SMILES string of the molecule is C=CC(=O)S(=O)(=O)Nc1cccc(N2N=C(C)CC2=O)c1. The molecule has 0 saturated carbocycles. The predicted molar refractivity (Wildman–Crippen MR) is 79.4 cm³/mol. The Morgan fingerprint density at radius 3 is 2.76 bits per heavy atom. The fourth-order valence-corrected chi connectivity index (χ4v) is 2.53. The van der Waals surface area contributed by atoms with Gasteiger partial charge in [-0.3, -0.25) is 14.3 Å². The first-order valence-electron chi connectivity index (χ1n) is 6.00. The number of carbonyl (C=O) groups excluding carboxylic acids is 2. The molecule has 1 N–H and O–H groups in total. The first kappa shape index (κ1) is 14.9. The number of rotatable bonds is 4. The van der Waals surface area contributed by atoms with Crippen molar-refractivity contribution in [3.63, 3.8) is 0 Å². The lowest BCUT2D eigenvalue weighted by atomic mass is 10.2. The zero-order chi connectivity index (χ0) is 15.6. The van der Waals surface area contributed by atoms with Crippen molar-refractivity contribution in [2.24, 2.45) is 5.10 Å². The summed E-state index contributed by atoms with van der Waals surface area (Å²) >= 11 is 0. The van der Waals surface area contributed by atoms with Crippen LogP contribution in [0.5, 0.6) is 0 Å². The van der Waals surface area contributed by atoms with Crippen LogP contribution in [0.4, 0.5) is 11.4 Å². The highest BCUT2D eigenvalue weighted by Gasteiger charge is 2.24. The molecule has 0 spiro atoms. The highest BCUT2D eigenvalue weighted by Crippen LogP contribution is 2.24. The Kier molecular flexibility index (Phi) is 3.90. The summed E-state index contributed by atoms with van der Waals surface area (Å²) in [7, 11) is -4.17. The van der Waals surface area contributed by atoms with E-state index in [1.54, 1.807) is 19.1 Å². The molecule has 1 aromatic carbocycles. The molecule has 1 aliphatic rings. The van der Waals surface area contributed by atoms with Gasteiger partial charge in [0, 0.05) is 5.71 Å². The third kappa shape index (κ3) is 3.16. The number of carbonyl (C=O) groups is 2. The van der Waals surface area contributed by atoms with Crippen LogP contribution in [-0.2, 0) is 19.6 Å². The number of hydrazone groups is 1. The Hall–Kier alpha value is -2.48. The van der Waals surface area contributed by atoms with Crippen LogP contribution in [0, 0.1) is 0 Å². The molecule has 0 bridgehead atoms. The zero-order valence-electron chi connectivity index (χ0n) is 11.2. The summed E-state index contributed by atoms with van der Waals surface area (Å²) in [6, 6.07) is 6.07. The van der Waals surface area contributed by atoms with Gasteiger partial charge in [0.05, 0.1) is 17.8 Å². The van der Waals surface area contributed by atoms with Crippen molar-refractivity contribution in [2.45, 2.75) is 13.3 Å². The molecular weight excluding hydrogens is 294 g/mol. The minimum absolute atomic E-state index is 0.162. The largest absolute Gasteiger partial charge is 0.299 e. The Bertz CT molecular complexity index is 752. The average molecular weight is 307 g/mol. The minimum Gasteiger partial charge on any atom is -0.277 e. The van der Waals surface area contributed by atoms with E-state index < -0.39 is 15.1 Å². The second kappa shape index (κ2) is 5.49. The fraction of sp³-hybridized carbons (Fsp3) is 0.154. The number of nitrogens with zero attached hydrogens (tertiary/aromatic N) is 2. The summed E-state index contributed by atoms with van der Waals surface area (Å²) in [6.07, 6.45) is 0.939.